The molecule has 6 rings (SSSR count). The van der Waals surface area contributed by atoms with Gasteiger partial charge < -0.3 is 0 Å². The average molecular weight is 497 g/mol. The lowest BCUT2D eigenvalue weighted by Crippen LogP contribution is -2.54. The molecule has 34 heavy (non-hydrogen) atoms. The molecule has 0 spiro atoms. The van der Waals surface area contributed by atoms with Crippen LogP contribution >= 0.6 is 22.7 Å². The first kappa shape index (κ1) is 22.3. The van der Waals surface area contributed by atoms with E-state index >= 15 is 0 Å². The molecule has 4 aromatic carbocycles. The van der Waals surface area contributed by atoms with Crippen LogP contribution in [0.1, 0.15) is 41.5 Å². The van der Waals surface area contributed by atoms with Crippen molar-refractivity contribution < 1.29 is 0 Å². The Labute approximate surface area is 211 Å². The summed E-state index contributed by atoms with van der Waals surface area (Å²) >= 11 is 3.90. The van der Waals surface area contributed by atoms with Gasteiger partial charge in [0.25, 0.3) is 0 Å². The fourth-order valence-electron chi connectivity index (χ4n) is 7.08. The molecule has 0 saturated heterocycles. The molecule has 2 heterocycles. The molecule has 3 heteroatoms. The third-order valence-corrected chi connectivity index (χ3v) is 18.3. The molecule has 0 N–H and O–H groups in total. The smallest absolute Gasteiger partial charge is 0.107 e. The van der Waals surface area contributed by atoms with Crippen LogP contribution in [0.25, 0.3) is 52.5 Å². The first-order chi connectivity index (χ1) is 16.3. The summed E-state index contributed by atoms with van der Waals surface area (Å²) in [4.78, 5) is 0. The highest BCUT2D eigenvalue weighted by molar-refractivity contribution is 7.32. The van der Waals surface area contributed by atoms with Crippen molar-refractivity contribution in [2.75, 3.05) is 0 Å². The number of benzene rings is 4. The second-order valence-corrected chi connectivity index (χ2v) is 19.1. The Morgan fingerprint density at radius 1 is 0.500 bits per heavy atom. The molecule has 172 valence electrons. The highest BCUT2D eigenvalue weighted by Crippen LogP contribution is 2.44. The quantitative estimate of drug-likeness (QED) is 0.168. The van der Waals surface area contributed by atoms with E-state index in [0.29, 0.717) is 0 Å². The maximum Gasteiger partial charge on any atom is 0.107 e. The first-order valence-electron chi connectivity index (χ1n) is 12.5. The molecule has 0 bridgehead atoms. The van der Waals surface area contributed by atoms with Crippen molar-refractivity contribution in [1.82, 2.24) is 0 Å². The van der Waals surface area contributed by atoms with Crippen molar-refractivity contribution in [3.05, 3.63) is 66.0 Å². The van der Waals surface area contributed by atoms with Gasteiger partial charge in [-0.25, -0.2) is 0 Å². The van der Waals surface area contributed by atoms with Gasteiger partial charge >= 0.3 is 0 Å². The van der Waals surface area contributed by atoms with E-state index in [1.165, 1.54) is 52.5 Å². The summed E-state index contributed by atoms with van der Waals surface area (Å²) in [5.41, 5.74) is 2.19. The molecule has 0 fully saturated rings. The van der Waals surface area contributed by atoms with Gasteiger partial charge in [0, 0.05) is 20.2 Å². The van der Waals surface area contributed by atoms with Crippen molar-refractivity contribution in [1.29, 1.82) is 0 Å². The van der Waals surface area contributed by atoms with Crippen molar-refractivity contribution >= 4 is 87.7 Å². The predicted molar refractivity (Wildman–Crippen MR) is 160 cm³/mol. The Bertz CT molecular complexity index is 1680. The van der Waals surface area contributed by atoms with Gasteiger partial charge in [0.1, 0.15) is 8.07 Å². The molecule has 0 radical (unpaired) electrons. The van der Waals surface area contributed by atoms with E-state index in [2.05, 4.69) is 119 Å². The van der Waals surface area contributed by atoms with Gasteiger partial charge in [0.05, 0.1) is 0 Å². The Morgan fingerprint density at radius 3 is 1.47 bits per heavy atom. The van der Waals surface area contributed by atoms with Crippen molar-refractivity contribution in [2.45, 2.75) is 58.2 Å². The normalized spacial score (nSPS) is 13.2. The highest BCUT2D eigenvalue weighted by atomic mass is 32.1. The van der Waals surface area contributed by atoms with E-state index in [1.54, 1.807) is 4.50 Å². The molecule has 0 amide bonds. The van der Waals surface area contributed by atoms with Crippen LogP contribution in [0, 0.1) is 0 Å². The molecular weight excluding hydrogens is 465 g/mol. The SMILES string of the molecule is CC(C)[Si](c1cc2c(ccc3c2ccc2c4ccc5sccc5c4ccc32)s1)(C(C)C)C(C)C. The van der Waals surface area contributed by atoms with Crippen LogP contribution in [0.15, 0.2) is 66.0 Å². The number of fused-ring (bicyclic) bond motifs is 9. The fourth-order valence-corrected chi connectivity index (χ4v) is 18.0. The number of rotatable bonds is 4. The summed E-state index contributed by atoms with van der Waals surface area (Å²) in [6, 6.07) is 23.7. The average Bonchev–Trinajstić information content (AvgIpc) is 3.45. The number of hydrogen-bond acceptors (Lipinski definition) is 2. The van der Waals surface area contributed by atoms with Gasteiger partial charge in [-0.05, 0) is 83.1 Å². The van der Waals surface area contributed by atoms with E-state index in [4.69, 9.17) is 0 Å². The van der Waals surface area contributed by atoms with Gasteiger partial charge in [-0.2, -0.15) is 0 Å². The van der Waals surface area contributed by atoms with Gasteiger partial charge in [-0.1, -0.05) is 77.9 Å². The monoisotopic (exact) mass is 496 g/mol. The number of thiophene rings is 2. The predicted octanol–water partition coefficient (Wildman–Crippen LogP) is 10.5. The zero-order valence-corrected chi connectivity index (χ0v) is 23.5. The lowest BCUT2D eigenvalue weighted by molar-refractivity contribution is 0.837. The minimum atomic E-state index is -1.66. The first-order valence-corrected chi connectivity index (χ1v) is 16.4. The van der Waals surface area contributed by atoms with E-state index in [-0.39, 0.29) is 0 Å². The van der Waals surface area contributed by atoms with Crippen molar-refractivity contribution in [2.24, 2.45) is 0 Å². The molecule has 0 nitrogen and oxygen atoms in total. The van der Waals surface area contributed by atoms with Gasteiger partial charge in [-0.3, -0.25) is 0 Å². The van der Waals surface area contributed by atoms with Crippen LogP contribution in [-0.2, 0) is 0 Å². The highest BCUT2D eigenvalue weighted by Gasteiger charge is 2.45. The molecule has 0 aliphatic carbocycles. The third kappa shape index (κ3) is 2.93. The molecule has 0 aliphatic rings. The third-order valence-electron chi connectivity index (χ3n) is 8.42. The standard InChI is InChI=1S/C31H32S2Si/c1-18(2)34(19(3)4,20(5)6)31-17-28-26-10-8-21-22(24(26)12-14-30(28)33-31)7-9-25-23(21)11-13-29-27(25)15-16-32-29/h7-20H,1-6H3. The summed E-state index contributed by atoms with van der Waals surface area (Å²) in [6.07, 6.45) is 0. The van der Waals surface area contributed by atoms with E-state index in [0.717, 1.165) is 16.6 Å². The van der Waals surface area contributed by atoms with E-state index < -0.39 is 8.07 Å². The lowest BCUT2D eigenvalue weighted by Gasteiger charge is -2.42. The largest absolute Gasteiger partial charge is 0.145 e. The van der Waals surface area contributed by atoms with Crippen molar-refractivity contribution in [3.63, 3.8) is 0 Å². The summed E-state index contributed by atoms with van der Waals surface area (Å²) in [7, 11) is -1.66. The Balaban J connectivity index is 1.64. The van der Waals surface area contributed by atoms with E-state index in [1.807, 2.05) is 11.3 Å². The second-order valence-electron chi connectivity index (χ2n) is 10.8. The van der Waals surface area contributed by atoms with Crippen LogP contribution in [-0.4, -0.2) is 8.07 Å². The Kier molecular flexibility index (Phi) is 5.18. The fraction of sp³-hybridized carbons (Fsp3) is 0.290. The molecule has 0 saturated carbocycles. The summed E-state index contributed by atoms with van der Waals surface area (Å²) in [5, 5.41) is 13.3. The topological polar surface area (TPSA) is 0 Å². The van der Waals surface area contributed by atoms with E-state index in [9.17, 15) is 0 Å². The second kappa shape index (κ2) is 7.91. The zero-order chi connectivity index (χ0) is 23.8. The Hall–Kier alpha value is -2.20. The maximum absolute atomic E-state index is 2.59. The molecule has 0 atom stereocenters. The Morgan fingerprint density at radius 2 is 0.941 bits per heavy atom. The van der Waals surface area contributed by atoms with Crippen LogP contribution in [0.5, 0.6) is 0 Å². The summed E-state index contributed by atoms with van der Waals surface area (Å²) < 4.78 is 4.50. The lowest BCUT2D eigenvalue weighted by atomic mass is 9.95. The minimum Gasteiger partial charge on any atom is -0.145 e. The van der Waals surface area contributed by atoms with Crippen LogP contribution < -0.4 is 4.50 Å². The molecule has 6 aromatic rings. The maximum atomic E-state index is 2.59. The number of hydrogen-bond donors (Lipinski definition) is 0. The summed E-state index contributed by atoms with van der Waals surface area (Å²) in [5.74, 6) is 0. The van der Waals surface area contributed by atoms with Gasteiger partial charge in [-0.15, -0.1) is 22.7 Å². The van der Waals surface area contributed by atoms with Gasteiger partial charge in [0.2, 0.25) is 0 Å². The van der Waals surface area contributed by atoms with Crippen LogP contribution in [0.4, 0.5) is 0 Å². The molecule has 2 aromatic heterocycles. The molecular formula is C31H32S2Si. The minimum absolute atomic E-state index is 0.730. The zero-order valence-electron chi connectivity index (χ0n) is 20.9. The van der Waals surface area contributed by atoms with Crippen LogP contribution in [0.2, 0.25) is 16.6 Å². The molecule has 0 unspecified atom stereocenters. The molecule has 0 aliphatic heterocycles. The van der Waals surface area contributed by atoms with Crippen molar-refractivity contribution in [3.8, 4) is 0 Å². The van der Waals surface area contributed by atoms with Crippen LogP contribution in [0.3, 0.4) is 0 Å². The van der Waals surface area contributed by atoms with Gasteiger partial charge in [0.15, 0.2) is 0 Å². The summed E-state index contributed by atoms with van der Waals surface area (Å²) in [6.45, 7) is 14.8.